The molecule has 3 aliphatic rings. The predicted molar refractivity (Wildman–Crippen MR) is 95.5 cm³/mol. The molecule has 3 heterocycles. The average molecular weight is 353 g/mol. The lowest BCUT2D eigenvalue weighted by Gasteiger charge is -2.33. The van der Waals surface area contributed by atoms with E-state index in [1.54, 1.807) is 7.11 Å². The summed E-state index contributed by atoms with van der Waals surface area (Å²) in [5, 5.41) is 0. The first-order chi connectivity index (χ1) is 12.6. The lowest BCUT2D eigenvalue weighted by molar-refractivity contribution is -0.138. The van der Waals surface area contributed by atoms with Crippen molar-refractivity contribution in [3.8, 4) is 5.75 Å². The third-order valence-corrected chi connectivity index (χ3v) is 5.94. The van der Waals surface area contributed by atoms with Gasteiger partial charge in [-0.2, -0.15) is 0 Å². The van der Waals surface area contributed by atoms with Gasteiger partial charge in [-0.25, -0.2) is 4.90 Å². The van der Waals surface area contributed by atoms with Gasteiger partial charge in [0.05, 0.1) is 13.7 Å². The lowest BCUT2D eigenvalue weighted by Crippen LogP contribution is -2.40. The number of ether oxygens (including phenoxy) is 4. The highest BCUT2D eigenvalue weighted by Gasteiger charge is 2.68. The highest BCUT2D eigenvalue weighted by atomic mass is 16.7. The van der Waals surface area contributed by atoms with Gasteiger partial charge in [0.1, 0.15) is 35.6 Å². The second-order valence-corrected chi connectivity index (χ2v) is 7.49. The zero-order valence-electron chi connectivity index (χ0n) is 15.2. The molecule has 2 aromatic carbocycles. The van der Waals surface area contributed by atoms with Gasteiger partial charge in [0.15, 0.2) is 0 Å². The minimum absolute atomic E-state index is 0.0948. The summed E-state index contributed by atoms with van der Waals surface area (Å²) in [6.45, 7) is 4.75. The number of nitrogens with zero attached hydrogens (tertiary/aromatic N) is 1. The summed E-state index contributed by atoms with van der Waals surface area (Å²) in [5.41, 5.74) is 1.04. The molecular formula is C21H23NO4. The zero-order chi connectivity index (χ0) is 17.9. The minimum atomic E-state index is -0.590. The predicted octanol–water partition coefficient (Wildman–Crippen LogP) is 3.20. The summed E-state index contributed by atoms with van der Waals surface area (Å²) in [7, 11) is 1.68. The Morgan fingerprint density at radius 2 is 1.65 bits per heavy atom. The van der Waals surface area contributed by atoms with Crippen molar-refractivity contribution >= 4 is 0 Å². The van der Waals surface area contributed by atoms with Crippen LogP contribution >= 0.6 is 0 Å². The van der Waals surface area contributed by atoms with Crippen molar-refractivity contribution in [2.24, 2.45) is 0 Å². The van der Waals surface area contributed by atoms with Gasteiger partial charge in [0.25, 0.3) is 0 Å². The fraction of sp³-hybridized carbons (Fsp3) is 0.429. The molecule has 0 aliphatic carbocycles. The molecule has 26 heavy (non-hydrogen) atoms. The van der Waals surface area contributed by atoms with Gasteiger partial charge >= 0.3 is 0 Å². The maximum absolute atomic E-state index is 6.68. The van der Waals surface area contributed by atoms with Gasteiger partial charge in [0, 0.05) is 0 Å². The van der Waals surface area contributed by atoms with Gasteiger partial charge in [-0.05, 0) is 37.1 Å². The molecule has 0 amide bonds. The van der Waals surface area contributed by atoms with Crippen molar-refractivity contribution in [1.29, 1.82) is 0 Å². The van der Waals surface area contributed by atoms with Crippen LogP contribution in [0.1, 0.15) is 25.0 Å². The Morgan fingerprint density at radius 3 is 2.42 bits per heavy atom. The highest BCUT2D eigenvalue weighted by molar-refractivity contribution is 5.35. The first kappa shape index (κ1) is 16.3. The molecule has 5 rings (SSSR count). The molecular weight excluding hydrogens is 330 g/mol. The minimum Gasteiger partial charge on any atom is -0.497 e. The number of rotatable bonds is 3. The molecule has 2 aromatic rings. The van der Waals surface area contributed by atoms with Crippen LogP contribution in [0, 0.1) is 0 Å². The Morgan fingerprint density at radius 1 is 0.923 bits per heavy atom. The van der Waals surface area contributed by atoms with Crippen LogP contribution in [-0.4, -0.2) is 37.3 Å². The Labute approximate surface area is 153 Å². The largest absolute Gasteiger partial charge is 0.497 e. The second kappa shape index (κ2) is 5.54. The summed E-state index contributed by atoms with van der Waals surface area (Å²) in [4.78, 5) is 2.24. The zero-order valence-corrected chi connectivity index (χ0v) is 15.2. The van der Waals surface area contributed by atoms with Crippen LogP contribution in [0.5, 0.6) is 5.75 Å². The van der Waals surface area contributed by atoms with Crippen LogP contribution in [0.3, 0.4) is 0 Å². The molecule has 3 saturated heterocycles. The normalized spacial score (nSPS) is 38.5. The Hall–Kier alpha value is -1.92. The van der Waals surface area contributed by atoms with Gasteiger partial charge in [0.2, 0.25) is 0 Å². The first-order valence-corrected chi connectivity index (χ1v) is 9.01. The fourth-order valence-electron chi connectivity index (χ4n) is 4.52. The standard InChI is InChI=1S/C21H23NO4/c1-20(14-8-5-4-6-9-14)19-22-17(25-20)13-24-18(22)21(2,26-19)15-10-7-11-16(12-15)23-3/h4-12,17-19H,13H2,1-3H3/t17-,18-,19-,20-,21+/m1/s1. The van der Waals surface area contributed by atoms with E-state index in [0.717, 1.165) is 16.9 Å². The Kier molecular flexibility index (Phi) is 3.46. The van der Waals surface area contributed by atoms with Gasteiger partial charge in [-0.3, -0.25) is 0 Å². The highest BCUT2D eigenvalue weighted by Crippen LogP contribution is 2.55. The molecule has 0 aromatic heterocycles. The van der Waals surface area contributed by atoms with Crippen LogP contribution in [0.2, 0.25) is 0 Å². The number of hydrogen-bond donors (Lipinski definition) is 0. The lowest BCUT2D eigenvalue weighted by atomic mass is 9.94. The van der Waals surface area contributed by atoms with Crippen LogP contribution < -0.4 is 4.74 Å². The fourth-order valence-corrected chi connectivity index (χ4v) is 4.52. The summed E-state index contributed by atoms with van der Waals surface area (Å²) < 4.78 is 24.6. The topological polar surface area (TPSA) is 40.2 Å². The van der Waals surface area contributed by atoms with Crippen LogP contribution in [-0.2, 0) is 25.4 Å². The monoisotopic (exact) mass is 353 g/mol. The maximum atomic E-state index is 6.68. The second-order valence-electron chi connectivity index (χ2n) is 7.49. The van der Waals surface area contributed by atoms with E-state index in [9.17, 15) is 0 Å². The van der Waals surface area contributed by atoms with Gasteiger partial charge < -0.3 is 18.9 Å². The molecule has 0 N–H and O–H groups in total. The molecule has 0 bridgehead atoms. The van der Waals surface area contributed by atoms with Gasteiger partial charge in [-0.1, -0.05) is 42.5 Å². The van der Waals surface area contributed by atoms with Crippen molar-refractivity contribution in [2.45, 2.75) is 43.7 Å². The number of hydrogen-bond acceptors (Lipinski definition) is 5. The summed E-state index contributed by atoms with van der Waals surface area (Å²) in [5.74, 6) is 0.816. The van der Waals surface area contributed by atoms with Crippen molar-refractivity contribution < 1.29 is 18.9 Å². The van der Waals surface area contributed by atoms with E-state index in [1.165, 1.54) is 0 Å². The summed E-state index contributed by atoms with van der Waals surface area (Å²) in [6.07, 6.45) is -0.489. The van der Waals surface area contributed by atoms with Crippen molar-refractivity contribution in [2.75, 3.05) is 13.7 Å². The third-order valence-electron chi connectivity index (χ3n) is 5.94. The van der Waals surface area contributed by atoms with E-state index in [4.69, 9.17) is 18.9 Å². The molecule has 5 nitrogen and oxygen atoms in total. The SMILES string of the molecule is COc1cccc([C@]2(C)O[C@H]3N4[C@@H](CO[C@@H]42)O[C@]3(C)c2ccccc2)c1. The van der Waals surface area contributed by atoms with Crippen LogP contribution in [0.25, 0.3) is 0 Å². The number of benzene rings is 2. The molecule has 3 fully saturated rings. The molecule has 0 spiro atoms. The molecule has 0 saturated carbocycles. The van der Waals surface area contributed by atoms with E-state index < -0.39 is 11.2 Å². The molecule has 0 unspecified atom stereocenters. The van der Waals surface area contributed by atoms with Crippen LogP contribution in [0.4, 0.5) is 0 Å². The van der Waals surface area contributed by atoms with Crippen molar-refractivity contribution in [3.05, 3.63) is 65.7 Å². The third kappa shape index (κ3) is 2.06. The molecule has 5 atom stereocenters. The number of methoxy groups -OCH3 is 1. The molecule has 136 valence electrons. The maximum Gasteiger partial charge on any atom is 0.149 e. The molecule has 0 radical (unpaired) electrons. The van der Waals surface area contributed by atoms with E-state index in [1.807, 2.05) is 36.4 Å². The Balaban J connectivity index is 1.57. The van der Waals surface area contributed by atoms with E-state index >= 15 is 0 Å². The average Bonchev–Trinajstić information content (AvgIpc) is 3.31. The van der Waals surface area contributed by atoms with Crippen molar-refractivity contribution in [1.82, 2.24) is 4.90 Å². The molecule has 3 aliphatic heterocycles. The van der Waals surface area contributed by atoms with E-state index in [-0.39, 0.29) is 18.7 Å². The Bertz CT molecular complexity index is 828. The van der Waals surface area contributed by atoms with E-state index in [0.29, 0.717) is 6.61 Å². The first-order valence-electron chi connectivity index (χ1n) is 9.01. The summed E-state index contributed by atoms with van der Waals surface area (Å²) in [6, 6.07) is 18.3. The smallest absolute Gasteiger partial charge is 0.149 e. The van der Waals surface area contributed by atoms with E-state index in [2.05, 4.69) is 36.9 Å². The van der Waals surface area contributed by atoms with Crippen LogP contribution in [0.15, 0.2) is 54.6 Å². The molecule has 5 heteroatoms. The summed E-state index contributed by atoms with van der Waals surface area (Å²) >= 11 is 0. The quantitative estimate of drug-likeness (QED) is 0.847. The van der Waals surface area contributed by atoms with Gasteiger partial charge in [-0.15, -0.1) is 0 Å². The van der Waals surface area contributed by atoms with Crippen molar-refractivity contribution in [3.63, 3.8) is 0 Å².